The second-order valence-corrected chi connectivity index (χ2v) is 6.13. The number of carbonyl (C=O) groups excluding carboxylic acids is 1. The number of nitrogens with zero attached hydrogens (tertiary/aromatic N) is 1. The van der Waals surface area contributed by atoms with Crippen LogP contribution in [-0.4, -0.2) is 10.9 Å². The number of aryl methyl sites for hydroxylation is 1. The van der Waals surface area contributed by atoms with E-state index < -0.39 is 0 Å². The van der Waals surface area contributed by atoms with E-state index in [1.807, 2.05) is 44.3 Å². The molecule has 2 aromatic rings. The van der Waals surface area contributed by atoms with Crippen LogP contribution >= 0.6 is 27.3 Å². The van der Waals surface area contributed by atoms with E-state index in [4.69, 9.17) is 0 Å². The highest BCUT2D eigenvalue weighted by Crippen LogP contribution is 2.20. The number of thiazole rings is 1. The molecule has 0 bridgehead atoms. The number of halogens is 1. The van der Waals surface area contributed by atoms with Gasteiger partial charge >= 0.3 is 0 Å². The zero-order valence-corrected chi connectivity index (χ0v) is 13.2. The van der Waals surface area contributed by atoms with Gasteiger partial charge in [-0.2, -0.15) is 0 Å². The minimum Gasteiger partial charge on any atom is -0.345 e. The molecule has 0 aliphatic heterocycles. The van der Waals surface area contributed by atoms with Crippen molar-refractivity contribution in [2.24, 2.45) is 0 Å². The van der Waals surface area contributed by atoms with Gasteiger partial charge in [-0.3, -0.25) is 4.79 Å². The number of aromatic nitrogens is 1. The summed E-state index contributed by atoms with van der Waals surface area (Å²) >= 11 is 4.99. The first-order valence-electron chi connectivity index (χ1n) is 5.98. The Hall–Kier alpha value is -1.20. The van der Waals surface area contributed by atoms with Gasteiger partial charge in [0.25, 0.3) is 5.91 Å². The summed E-state index contributed by atoms with van der Waals surface area (Å²) in [5.74, 6) is -0.0559. The Kier molecular flexibility index (Phi) is 4.71. The molecule has 2 rings (SSSR count). The minimum atomic E-state index is -0.0559. The molecule has 3 nitrogen and oxygen atoms in total. The summed E-state index contributed by atoms with van der Waals surface area (Å²) in [4.78, 5) is 17.4. The van der Waals surface area contributed by atoms with E-state index in [1.165, 1.54) is 0 Å². The molecule has 1 N–H and O–H groups in total. The quantitative estimate of drug-likeness (QED) is 0.860. The molecule has 1 aromatic carbocycles. The number of amides is 1. The lowest BCUT2D eigenvalue weighted by Crippen LogP contribution is -2.26. The van der Waals surface area contributed by atoms with Crippen molar-refractivity contribution in [2.45, 2.75) is 25.2 Å². The van der Waals surface area contributed by atoms with Crippen LogP contribution in [0.15, 0.2) is 30.5 Å². The van der Waals surface area contributed by atoms with E-state index in [1.54, 1.807) is 11.3 Å². The zero-order chi connectivity index (χ0) is 13.8. The van der Waals surface area contributed by atoms with Crippen LogP contribution in [0.4, 0.5) is 0 Å². The first-order valence-corrected chi connectivity index (χ1v) is 7.92. The summed E-state index contributed by atoms with van der Waals surface area (Å²) in [7, 11) is 0. The molecule has 0 aliphatic carbocycles. The van der Waals surface area contributed by atoms with Crippen LogP contribution in [0.2, 0.25) is 0 Å². The maximum Gasteiger partial charge on any atom is 0.251 e. The molecular weight excluding hydrogens is 324 g/mol. The molecule has 1 amide bonds. The average molecular weight is 339 g/mol. The number of hydrogen-bond acceptors (Lipinski definition) is 3. The molecule has 1 atom stereocenters. The molecule has 0 radical (unpaired) electrons. The number of hydrogen-bond donors (Lipinski definition) is 1. The second-order valence-electron chi connectivity index (χ2n) is 4.31. The highest BCUT2D eigenvalue weighted by atomic mass is 79.9. The molecule has 1 aromatic heterocycles. The molecule has 5 heteroatoms. The SMILES string of the molecule is Cc1ncc(C(C)NC(=O)c2ccc(CBr)cc2)s1. The van der Waals surface area contributed by atoms with Gasteiger partial charge in [-0.05, 0) is 31.5 Å². The van der Waals surface area contributed by atoms with Crippen molar-refractivity contribution in [1.82, 2.24) is 10.3 Å². The summed E-state index contributed by atoms with van der Waals surface area (Å²) in [6, 6.07) is 7.57. The van der Waals surface area contributed by atoms with Gasteiger partial charge in [-0.1, -0.05) is 28.1 Å². The summed E-state index contributed by atoms with van der Waals surface area (Å²) in [5.41, 5.74) is 1.83. The van der Waals surface area contributed by atoms with Gasteiger partial charge in [0.1, 0.15) is 0 Å². The third-order valence-electron chi connectivity index (χ3n) is 2.78. The molecule has 0 spiro atoms. The van der Waals surface area contributed by atoms with Gasteiger partial charge in [0, 0.05) is 22.0 Å². The molecule has 100 valence electrons. The van der Waals surface area contributed by atoms with Crippen molar-refractivity contribution in [3.05, 3.63) is 51.5 Å². The zero-order valence-electron chi connectivity index (χ0n) is 10.8. The smallest absolute Gasteiger partial charge is 0.251 e. The number of rotatable bonds is 4. The predicted octanol–water partition coefficient (Wildman–Crippen LogP) is 3.84. The van der Waals surface area contributed by atoms with Gasteiger partial charge in [0.05, 0.1) is 11.0 Å². The third kappa shape index (κ3) is 3.64. The topological polar surface area (TPSA) is 42.0 Å². The Bertz CT molecular complexity index is 565. The highest BCUT2D eigenvalue weighted by molar-refractivity contribution is 9.08. The maximum absolute atomic E-state index is 12.1. The number of benzene rings is 1. The highest BCUT2D eigenvalue weighted by Gasteiger charge is 2.13. The fourth-order valence-corrected chi connectivity index (χ4v) is 2.84. The van der Waals surface area contributed by atoms with E-state index in [0.29, 0.717) is 5.56 Å². The van der Waals surface area contributed by atoms with E-state index in [-0.39, 0.29) is 11.9 Å². The summed E-state index contributed by atoms with van der Waals surface area (Å²) < 4.78 is 0. The van der Waals surface area contributed by atoms with Crippen molar-refractivity contribution in [3.63, 3.8) is 0 Å². The number of carbonyl (C=O) groups is 1. The summed E-state index contributed by atoms with van der Waals surface area (Å²) in [6.45, 7) is 3.93. The van der Waals surface area contributed by atoms with Gasteiger partial charge in [0.2, 0.25) is 0 Å². The van der Waals surface area contributed by atoms with Crippen LogP contribution in [-0.2, 0) is 5.33 Å². The molecular formula is C14H15BrN2OS. The van der Waals surface area contributed by atoms with Crippen molar-refractivity contribution >= 4 is 33.2 Å². The second kappa shape index (κ2) is 6.30. The molecule has 19 heavy (non-hydrogen) atoms. The molecule has 0 saturated carbocycles. The minimum absolute atomic E-state index is 0.0189. The molecule has 0 fully saturated rings. The van der Waals surface area contributed by atoms with Gasteiger partial charge in [-0.15, -0.1) is 11.3 Å². The first-order chi connectivity index (χ1) is 9.10. The van der Waals surface area contributed by atoms with Crippen LogP contribution in [0.1, 0.15) is 38.8 Å². The largest absolute Gasteiger partial charge is 0.345 e. The van der Waals surface area contributed by atoms with Crippen molar-refractivity contribution in [3.8, 4) is 0 Å². The van der Waals surface area contributed by atoms with Crippen LogP contribution in [0.5, 0.6) is 0 Å². The third-order valence-corrected chi connectivity index (χ3v) is 4.53. The Balaban J connectivity index is 2.03. The maximum atomic E-state index is 12.1. The van der Waals surface area contributed by atoms with Crippen LogP contribution in [0, 0.1) is 6.92 Å². The average Bonchev–Trinajstić information content (AvgIpc) is 2.85. The fourth-order valence-electron chi connectivity index (χ4n) is 1.67. The normalized spacial score (nSPS) is 12.2. The Morgan fingerprint density at radius 2 is 2.11 bits per heavy atom. The lowest BCUT2D eigenvalue weighted by molar-refractivity contribution is 0.0940. The van der Waals surface area contributed by atoms with Gasteiger partial charge in [0.15, 0.2) is 0 Å². The van der Waals surface area contributed by atoms with Crippen molar-refractivity contribution in [1.29, 1.82) is 0 Å². The van der Waals surface area contributed by atoms with Gasteiger partial charge < -0.3 is 5.32 Å². The Morgan fingerprint density at radius 3 is 2.63 bits per heavy atom. The summed E-state index contributed by atoms with van der Waals surface area (Å²) in [6.07, 6.45) is 1.82. The lowest BCUT2D eigenvalue weighted by Gasteiger charge is -2.11. The van der Waals surface area contributed by atoms with E-state index >= 15 is 0 Å². The number of nitrogens with one attached hydrogen (secondary N) is 1. The van der Waals surface area contributed by atoms with Crippen molar-refractivity contribution in [2.75, 3.05) is 0 Å². The van der Waals surface area contributed by atoms with Crippen LogP contribution < -0.4 is 5.32 Å². The van der Waals surface area contributed by atoms with Crippen molar-refractivity contribution < 1.29 is 4.79 Å². The molecule has 1 heterocycles. The summed E-state index contributed by atoms with van der Waals surface area (Å²) in [5, 5.41) is 4.79. The fraction of sp³-hybridized carbons (Fsp3) is 0.286. The molecule has 0 aliphatic rings. The van der Waals surface area contributed by atoms with E-state index in [0.717, 1.165) is 20.8 Å². The first kappa shape index (κ1) is 14.2. The standard InChI is InChI=1S/C14H15BrN2OS/c1-9(13-8-16-10(2)19-13)17-14(18)12-5-3-11(7-15)4-6-12/h3-6,8-9H,7H2,1-2H3,(H,17,18). The predicted molar refractivity (Wildman–Crippen MR) is 81.8 cm³/mol. The number of alkyl halides is 1. The molecule has 0 saturated heterocycles. The van der Waals surface area contributed by atoms with Crippen LogP contribution in [0.3, 0.4) is 0 Å². The Morgan fingerprint density at radius 1 is 1.42 bits per heavy atom. The monoisotopic (exact) mass is 338 g/mol. The van der Waals surface area contributed by atoms with E-state index in [2.05, 4.69) is 26.2 Å². The van der Waals surface area contributed by atoms with Crippen LogP contribution in [0.25, 0.3) is 0 Å². The van der Waals surface area contributed by atoms with Gasteiger partial charge in [-0.25, -0.2) is 4.98 Å². The molecule has 1 unspecified atom stereocenters. The Labute approximate surface area is 125 Å². The lowest BCUT2D eigenvalue weighted by atomic mass is 10.1. The van der Waals surface area contributed by atoms with E-state index in [9.17, 15) is 4.79 Å².